The van der Waals surface area contributed by atoms with Crippen LogP contribution in [-0.4, -0.2) is 30.7 Å². The van der Waals surface area contributed by atoms with Gasteiger partial charge in [0.1, 0.15) is 11.6 Å². The number of hydrogen-bond acceptors (Lipinski definition) is 3. The van der Waals surface area contributed by atoms with E-state index >= 15 is 0 Å². The Kier molecular flexibility index (Phi) is 7.87. The molecule has 2 rings (SSSR count). The Morgan fingerprint density at radius 2 is 1.73 bits per heavy atom. The number of thioether (sulfide) groups is 1. The first-order valence-electron chi connectivity index (χ1n) is 7.84. The predicted molar refractivity (Wildman–Crippen MR) is 98.5 cm³/mol. The van der Waals surface area contributed by atoms with Crippen LogP contribution in [-0.2, 0) is 4.79 Å². The minimum Gasteiger partial charge on any atom is -0.355 e. The molecule has 0 saturated heterocycles. The highest BCUT2D eigenvalue weighted by Crippen LogP contribution is 2.19. The van der Waals surface area contributed by atoms with Crippen LogP contribution in [0.4, 0.5) is 8.78 Å². The van der Waals surface area contributed by atoms with Crippen molar-refractivity contribution in [1.29, 1.82) is 0 Å². The molecule has 2 amide bonds. The zero-order valence-electron chi connectivity index (χ0n) is 13.7. The number of rotatable bonds is 8. The van der Waals surface area contributed by atoms with Gasteiger partial charge in [-0.1, -0.05) is 11.6 Å². The molecular weight excluding hydrogens is 382 g/mol. The predicted octanol–water partition coefficient (Wildman–Crippen LogP) is 3.65. The molecule has 138 valence electrons. The molecule has 0 aliphatic rings. The van der Waals surface area contributed by atoms with Crippen molar-refractivity contribution in [2.75, 3.05) is 18.8 Å². The highest BCUT2D eigenvalue weighted by Gasteiger charge is 2.12. The highest BCUT2D eigenvalue weighted by molar-refractivity contribution is 7.99. The lowest BCUT2D eigenvalue weighted by molar-refractivity contribution is -0.120. The van der Waals surface area contributed by atoms with Gasteiger partial charge >= 0.3 is 0 Å². The van der Waals surface area contributed by atoms with Gasteiger partial charge in [-0.2, -0.15) is 0 Å². The van der Waals surface area contributed by atoms with Crippen LogP contribution in [0.1, 0.15) is 16.8 Å². The largest absolute Gasteiger partial charge is 0.355 e. The summed E-state index contributed by atoms with van der Waals surface area (Å²) in [6, 6.07) is 10.1. The lowest BCUT2D eigenvalue weighted by Crippen LogP contribution is -2.32. The SMILES string of the molecule is O=C(CCNC(=O)c1ccc(F)cc1F)NCCSc1ccc(Cl)cc1. The average Bonchev–Trinajstić information content (AvgIpc) is 2.60. The molecule has 2 aromatic rings. The summed E-state index contributed by atoms with van der Waals surface area (Å²) in [4.78, 5) is 24.6. The maximum Gasteiger partial charge on any atom is 0.254 e. The minimum absolute atomic E-state index is 0.0613. The van der Waals surface area contributed by atoms with Crippen LogP contribution in [0.5, 0.6) is 0 Å². The molecule has 0 bridgehead atoms. The van der Waals surface area contributed by atoms with E-state index in [4.69, 9.17) is 11.6 Å². The van der Waals surface area contributed by atoms with Crippen LogP contribution in [0.25, 0.3) is 0 Å². The molecule has 4 nitrogen and oxygen atoms in total. The highest BCUT2D eigenvalue weighted by atomic mass is 35.5. The minimum atomic E-state index is -0.939. The van der Waals surface area contributed by atoms with Crippen molar-refractivity contribution in [3.63, 3.8) is 0 Å². The van der Waals surface area contributed by atoms with Gasteiger partial charge in [-0.3, -0.25) is 9.59 Å². The van der Waals surface area contributed by atoms with E-state index in [-0.39, 0.29) is 24.4 Å². The molecule has 26 heavy (non-hydrogen) atoms. The smallest absolute Gasteiger partial charge is 0.254 e. The molecule has 0 spiro atoms. The number of hydrogen-bond donors (Lipinski definition) is 2. The lowest BCUT2D eigenvalue weighted by Gasteiger charge is -2.07. The van der Waals surface area contributed by atoms with Gasteiger partial charge in [-0.15, -0.1) is 11.8 Å². The molecule has 0 heterocycles. The summed E-state index contributed by atoms with van der Waals surface area (Å²) in [5.41, 5.74) is -0.258. The monoisotopic (exact) mass is 398 g/mol. The molecule has 0 aliphatic heterocycles. The molecule has 0 radical (unpaired) electrons. The van der Waals surface area contributed by atoms with Gasteiger partial charge in [-0.05, 0) is 36.4 Å². The third-order valence-electron chi connectivity index (χ3n) is 3.32. The van der Waals surface area contributed by atoms with Gasteiger partial charge in [0.25, 0.3) is 5.91 Å². The van der Waals surface area contributed by atoms with Gasteiger partial charge in [0.05, 0.1) is 5.56 Å². The van der Waals surface area contributed by atoms with Gasteiger partial charge in [0, 0.05) is 41.2 Å². The van der Waals surface area contributed by atoms with Crippen LogP contribution in [0.2, 0.25) is 5.02 Å². The van der Waals surface area contributed by atoms with E-state index in [9.17, 15) is 18.4 Å². The summed E-state index contributed by atoms with van der Waals surface area (Å²) >= 11 is 7.39. The zero-order valence-corrected chi connectivity index (χ0v) is 15.3. The molecule has 0 saturated carbocycles. The first kappa shape index (κ1) is 20.2. The number of carbonyl (C=O) groups is 2. The second-order valence-corrected chi connectivity index (χ2v) is 6.89. The topological polar surface area (TPSA) is 58.2 Å². The Hall–Kier alpha value is -2.12. The molecule has 0 aliphatic carbocycles. The first-order chi connectivity index (χ1) is 12.5. The summed E-state index contributed by atoms with van der Waals surface area (Å²) in [6.45, 7) is 0.540. The van der Waals surface area contributed by atoms with Crippen molar-refractivity contribution in [3.05, 3.63) is 64.7 Å². The van der Waals surface area contributed by atoms with Crippen molar-refractivity contribution in [2.45, 2.75) is 11.3 Å². The van der Waals surface area contributed by atoms with Crippen LogP contribution >= 0.6 is 23.4 Å². The normalized spacial score (nSPS) is 10.4. The summed E-state index contributed by atoms with van der Waals surface area (Å²) in [7, 11) is 0. The average molecular weight is 399 g/mol. The van der Waals surface area contributed by atoms with E-state index in [1.54, 1.807) is 23.9 Å². The summed E-state index contributed by atoms with van der Waals surface area (Å²) in [5, 5.41) is 5.84. The van der Waals surface area contributed by atoms with Crippen LogP contribution in [0, 0.1) is 11.6 Å². The van der Waals surface area contributed by atoms with E-state index in [0.29, 0.717) is 23.4 Å². The Bertz CT molecular complexity index is 772. The van der Waals surface area contributed by atoms with Gasteiger partial charge in [-0.25, -0.2) is 8.78 Å². The molecule has 0 aromatic heterocycles. The number of carbonyl (C=O) groups excluding carboxylic acids is 2. The van der Waals surface area contributed by atoms with E-state index in [2.05, 4.69) is 10.6 Å². The van der Waals surface area contributed by atoms with Crippen molar-refractivity contribution >= 4 is 35.2 Å². The Morgan fingerprint density at radius 3 is 2.42 bits per heavy atom. The number of halogens is 3. The van der Waals surface area contributed by atoms with Gasteiger partial charge in [0.2, 0.25) is 5.91 Å². The molecule has 2 N–H and O–H groups in total. The van der Waals surface area contributed by atoms with Crippen LogP contribution in [0.15, 0.2) is 47.4 Å². The standard InChI is InChI=1S/C18H17ClF2N2O2S/c19-12-1-4-14(5-2-12)26-10-9-22-17(24)7-8-23-18(25)15-6-3-13(20)11-16(15)21/h1-6,11H,7-10H2,(H,22,24)(H,23,25). The molecule has 2 aromatic carbocycles. The molecule has 8 heteroatoms. The van der Waals surface area contributed by atoms with Crippen molar-refractivity contribution in [3.8, 4) is 0 Å². The third-order valence-corrected chi connectivity index (χ3v) is 4.59. The van der Waals surface area contributed by atoms with E-state index in [1.807, 2.05) is 12.1 Å². The van der Waals surface area contributed by atoms with Gasteiger partial charge in [0.15, 0.2) is 0 Å². The van der Waals surface area contributed by atoms with E-state index in [1.165, 1.54) is 0 Å². The van der Waals surface area contributed by atoms with Crippen molar-refractivity contribution in [2.24, 2.45) is 0 Å². The zero-order chi connectivity index (χ0) is 18.9. The maximum atomic E-state index is 13.5. The van der Waals surface area contributed by atoms with E-state index < -0.39 is 17.5 Å². The molecule has 0 fully saturated rings. The quantitative estimate of drug-likeness (QED) is 0.527. The molecular formula is C18H17ClF2N2O2S. The summed E-state index contributed by atoms with van der Waals surface area (Å²) in [6.07, 6.45) is 0.0696. The van der Waals surface area contributed by atoms with Crippen molar-refractivity contribution in [1.82, 2.24) is 10.6 Å². The first-order valence-corrected chi connectivity index (χ1v) is 9.20. The Morgan fingerprint density at radius 1 is 1.00 bits per heavy atom. The lowest BCUT2D eigenvalue weighted by atomic mass is 10.2. The number of amides is 2. The van der Waals surface area contributed by atoms with Crippen LogP contribution < -0.4 is 10.6 Å². The van der Waals surface area contributed by atoms with Crippen molar-refractivity contribution < 1.29 is 18.4 Å². The fraction of sp³-hybridized carbons (Fsp3) is 0.222. The second-order valence-electron chi connectivity index (χ2n) is 5.28. The van der Waals surface area contributed by atoms with Gasteiger partial charge < -0.3 is 10.6 Å². The Balaban J connectivity index is 1.62. The maximum absolute atomic E-state index is 13.5. The second kappa shape index (κ2) is 10.1. The molecule has 0 unspecified atom stereocenters. The number of nitrogens with one attached hydrogen (secondary N) is 2. The summed E-state index contributed by atoms with van der Waals surface area (Å²) in [5.74, 6) is -1.91. The molecule has 0 atom stereocenters. The summed E-state index contributed by atoms with van der Waals surface area (Å²) < 4.78 is 26.3. The van der Waals surface area contributed by atoms with Crippen LogP contribution in [0.3, 0.4) is 0 Å². The third kappa shape index (κ3) is 6.65. The fourth-order valence-corrected chi connectivity index (χ4v) is 2.93. The fourth-order valence-electron chi connectivity index (χ4n) is 2.04. The Labute approximate surface area is 159 Å². The number of benzene rings is 2. The van der Waals surface area contributed by atoms with E-state index in [0.717, 1.165) is 17.0 Å².